The van der Waals surface area contributed by atoms with Gasteiger partial charge in [0.15, 0.2) is 5.11 Å². The Morgan fingerprint density at radius 3 is 2.52 bits per heavy atom. The lowest BCUT2D eigenvalue weighted by Crippen LogP contribution is -2.23. The van der Waals surface area contributed by atoms with Crippen molar-refractivity contribution in [3.63, 3.8) is 0 Å². The van der Waals surface area contributed by atoms with Crippen molar-refractivity contribution in [2.75, 3.05) is 5.32 Å². The topological polar surface area (TPSA) is 36.4 Å². The molecule has 0 fully saturated rings. The summed E-state index contributed by atoms with van der Waals surface area (Å²) >= 11 is 6.94. The van der Waals surface area contributed by atoms with E-state index in [1.54, 1.807) is 17.6 Å². The van der Waals surface area contributed by atoms with Crippen molar-refractivity contribution < 1.29 is 0 Å². The second-order valence-electron chi connectivity index (χ2n) is 4.75. The highest BCUT2D eigenvalue weighted by atomic mass is 32.1. The number of benzene rings is 2. The third kappa shape index (κ3) is 4.25. The smallest absolute Gasteiger partial charge is 0.191 e. The molecule has 0 radical (unpaired) electrons. The maximum Gasteiger partial charge on any atom is 0.191 e. The van der Waals surface area contributed by atoms with E-state index in [4.69, 9.17) is 12.2 Å². The Kier molecular flexibility index (Phi) is 5.13. The van der Waals surface area contributed by atoms with E-state index in [0.29, 0.717) is 5.11 Å². The number of hydrogen-bond donors (Lipinski definition) is 2. The molecule has 3 rings (SSSR count). The van der Waals surface area contributed by atoms with Crippen LogP contribution >= 0.6 is 23.6 Å². The number of nitrogens with one attached hydrogen (secondary N) is 2. The van der Waals surface area contributed by atoms with Gasteiger partial charge in [-0.3, -0.25) is 5.43 Å². The van der Waals surface area contributed by atoms with Gasteiger partial charge in [-0.2, -0.15) is 5.10 Å². The van der Waals surface area contributed by atoms with E-state index >= 15 is 0 Å². The molecule has 1 heterocycles. The summed E-state index contributed by atoms with van der Waals surface area (Å²) in [6.45, 7) is 0. The summed E-state index contributed by atoms with van der Waals surface area (Å²) in [4.78, 5) is 1.22. The molecule has 0 aliphatic carbocycles. The Morgan fingerprint density at radius 1 is 0.957 bits per heavy atom. The van der Waals surface area contributed by atoms with Crippen molar-refractivity contribution in [2.24, 2.45) is 5.10 Å². The first-order chi connectivity index (χ1) is 11.3. The standard InChI is InChI=1S/C18H15N3S2/c22-18(20-15-8-2-1-3-9-15)21-19-13-14-7-4-5-10-16(14)17-11-6-12-23-17/h1-13H,(H2,20,21,22)/b19-13+. The van der Waals surface area contributed by atoms with Gasteiger partial charge in [-0.25, -0.2) is 0 Å². The van der Waals surface area contributed by atoms with Gasteiger partial charge in [0.2, 0.25) is 0 Å². The summed E-state index contributed by atoms with van der Waals surface area (Å²) in [5, 5.41) is 9.84. The Labute approximate surface area is 144 Å². The second-order valence-corrected chi connectivity index (χ2v) is 6.11. The number of anilines is 1. The Hall–Kier alpha value is -2.50. The number of thiophene rings is 1. The molecule has 3 nitrogen and oxygen atoms in total. The lowest BCUT2D eigenvalue weighted by atomic mass is 10.1. The number of hydrogen-bond acceptors (Lipinski definition) is 3. The molecular weight excluding hydrogens is 322 g/mol. The zero-order valence-electron chi connectivity index (χ0n) is 12.3. The highest BCUT2D eigenvalue weighted by Crippen LogP contribution is 2.26. The van der Waals surface area contributed by atoms with Gasteiger partial charge >= 0.3 is 0 Å². The van der Waals surface area contributed by atoms with Crippen molar-refractivity contribution in [3.8, 4) is 10.4 Å². The molecule has 5 heteroatoms. The van der Waals surface area contributed by atoms with Gasteiger partial charge in [-0.05, 0) is 35.8 Å². The van der Waals surface area contributed by atoms with Gasteiger partial charge in [0.05, 0.1) is 6.21 Å². The van der Waals surface area contributed by atoms with Crippen LogP contribution < -0.4 is 10.7 Å². The maximum absolute atomic E-state index is 5.23. The van der Waals surface area contributed by atoms with E-state index in [1.807, 2.05) is 54.6 Å². The first-order valence-electron chi connectivity index (χ1n) is 7.11. The van der Waals surface area contributed by atoms with Crippen LogP contribution in [0.2, 0.25) is 0 Å². The number of hydrazone groups is 1. The molecule has 114 valence electrons. The minimum Gasteiger partial charge on any atom is -0.331 e. The van der Waals surface area contributed by atoms with E-state index in [2.05, 4.69) is 33.4 Å². The van der Waals surface area contributed by atoms with E-state index in [1.165, 1.54) is 4.88 Å². The summed E-state index contributed by atoms with van der Waals surface area (Å²) in [6.07, 6.45) is 1.79. The van der Waals surface area contributed by atoms with E-state index in [0.717, 1.165) is 16.8 Å². The zero-order valence-corrected chi connectivity index (χ0v) is 13.9. The minimum atomic E-state index is 0.459. The Morgan fingerprint density at radius 2 is 1.74 bits per heavy atom. The molecule has 2 N–H and O–H groups in total. The van der Waals surface area contributed by atoms with E-state index in [-0.39, 0.29) is 0 Å². The predicted molar refractivity (Wildman–Crippen MR) is 103 cm³/mol. The molecule has 0 atom stereocenters. The maximum atomic E-state index is 5.23. The molecule has 0 aliphatic rings. The molecule has 0 bridgehead atoms. The Bertz CT molecular complexity index is 796. The van der Waals surface area contributed by atoms with Gasteiger partial charge in [-0.1, -0.05) is 48.5 Å². The van der Waals surface area contributed by atoms with Crippen molar-refractivity contribution in [1.29, 1.82) is 0 Å². The molecule has 0 saturated heterocycles. The van der Waals surface area contributed by atoms with E-state index < -0.39 is 0 Å². The van der Waals surface area contributed by atoms with Crippen molar-refractivity contribution in [1.82, 2.24) is 5.43 Å². The SMILES string of the molecule is S=C(N/N=C/c1ccccc1-c1cccs1)Nc1ccccc1. The average molecular weight is 337 g/mol. The summed E-state index contributed by atoms with van der Waals surface area (Å²) in [6, 6.07) is 22.1. The normalized spacial score (nSPS) is 10.6. The van der Waals surface area contributed by atoms with Crippen LogP contribution in [0.1, 0.15) is 5.56 Å². The largest absolute Gasteiger partial charge is 0.331 e. The third-order valence-electron chi connectivity index (χ3n) is 3.15. The predicted octanol–water partition coefficient (Wildman–Crippen LogP) is 4.74. The second kappa shape index (κ2) is 7.67. The van der Waals surface area contributed by atoms with Crippen molar-refractivity contribution in [3.05, 3.63) is 77.7 Å². The average Bonchev–Trinajstić information content (AvgIpc) is 3.10. The molecular formula is C18H15N3S2. The van der Waals surface area contributed by atoms with Gasteiger partial charge in [0.1, 0.15) is 0 Å². The minimum absolute atomic E-state index is 0.459. The van der Waals surface area contributed by atoms with Gasteiger partial charge < -0.3 is 5.32 Å². The molecule has 0 unspecified atom stereocenters. The highest BCUT2D eigenvalue weighted by Gasteiger charge is 2.03. The summed E-state index contributed by atoms with van der Waals surface area (Å²) in [5.41, 5.74) is 5.98. The lowest BCUT2D eigenvalue weighted by molar-refractivity contribution is 1.05. The van der Waals surface area contributed by atoms with Crippen LogP contribution in [0.3, 0.4) is 0 Å². The van der Waals surface area contributed by atoms with Crippen LogP contribution in [0.4, 0.5) is 5.69 Å². The van der Waals surface area contributed by atoms with Crippen LogP contribution in [0, 0.1) is 0 Å². The number of nitrogens with zero attached hydrogens (tertiary/aromatic N) is 1. The summed E-state index contributed by atoms with van der Waals surface area (Å²) in [7, 11) is 0. The quantitative estimate of drug-likeness (QED) is 0.410. The monoisotopic (exact) mass is 337 g/mol. The van der Waals surface area contributed by atoms with Crippen molar-refractivity contribution >= 4 is 40.6 Å². The van der Waals surface area contributed by atoms with Gasteiger partial charge in [0.25, 0.3) is 0 Å². The van der Waals surface area contributed by atoms with Crippen LogP contribution in [0.25, 0.3) is 10.4 Å². The number of para-hydroxylation sites is 1. The van der Waals surface area contributed by atoms with Crippen LogP contribution in [0.5, 0.6) is 0 Å². The Balaban J connectivity index is 1.66. The summed E-state index contributed by atoms with van der Waals surface area (Å²) < 4.78 is 0. The fourth-order valence-corrected chi connectivity index (χ4v) is 3.05. The molecule has 0 saturated carbocycles. The number of rotatable bonds is 4. The molecule has 2 aromatic carbocycles. The van der Waals surface area contributed by atoms with Crippen LogP contribution in [-0.2, 0) is 0 Å². The molecule has 1 aromatic heterocycles. The van der Waals surface area contributed by atoms with Crippen molar-refractivity contribution in [2.45, 2.75) is 0 Å². The molecule has 23 heavy (non-hydrogen) atoms. The lowest BCUT2D eigenvalue weighted by Gasteiger charge is -2.07. The molecule has 3 aromatic rings. The number of thiocarbonyl (C=S) groups is 1. The molecule has 0 aliphatic heterocycles. The first-order valence-corrected chi connectivity index (χ1v) is 8.40. The van der Waals surface area contributed by atoms with Gasteiger partial charge in [-0.15, -0.1) is 11.3 Å². The van der Waals surface area contributed by atoms with E-state index in [9.17, 15) is 0 Å². The fourth-order valence-electron chi connectivity index (χ4n) is 2.11. The molecule has 0 spiro atoms. The summed E-state index contributed by atoms with van der Waals surface area (Å²) in [5.74, 6) is 0. The first kappa shape index (κ1) is 15.4. The van der Waals surface area contributed by atoms with Crippen LogP contribution in [0.15, 0.2) is 77.2 Å². The van der Waals surface area contributed by atoms with Crippen LogP contribution in [-0.4, -0.2) is 11.3 Å². The van der Waals surface area contributed by atoms with Gasteiger partial charge in [0, 0.05) is 21.7 Å². The highest BCUT2D eigenvalue weighted by molar-refractivity contribution is 7.80. The zero-order chi connectivity index (χ0) is 15.9. The molecule has 0 amide bonds. The third-order valence-corrected chi connectivity index (χ3v) is 4.25. The fraction of sp³-hybridized carbons (Fsp3) is 0.